The van der Waals surface area contributed by atoms with E-state index in [2.05, 4.69) is 11.8 Å². The zero-order valence-electron chi connectivity index (χ0n) is 11.4. The molecular formula is C14H22Cl2N2O. The quantitative estimate of drug-likeness (QED) is 0.933. The van der Waals surface area contributed by atoms with Crippen molar-refractivity contribution in [1.82, 2.24) is 4.90 Å². The van der Waals surface area contributed by atoms with E-state index >= 15 is 0 Å². The maximum Gasteiger partial charge on any atom is 0.119 e. The van der Waals surface area contributed by atoms with Crippen molar-refractivity contribution in [1.29, 1.82) is 0 Å². The highest BCUT2D eigenvalue weighted by Gasteiger charge is 2.23. The Morgan fingerprint density at radius 1 is 1.47 bits per heavy atom. The fourth-order valence-corrected chi connectivity index (χ4v) is 2.61. The molecule has 1 aliphatic heterocycles. The van der Waals surface area contributed by atoms with E-state index in [-0.39, 0.29) is 12.4 Å². The van der Waals surface area contributed by atoms with Crippen molar-refractivity contribution in [2.24, 2.45) is 11.7 Å². The number of halogens is 2. The molecule has 5 heteroatoms. The molecule has 1 fully saturated rings. The van der Waals surface area contributed by atoms with Gasteiger partial charge in [0.05, 0.1) is 7.11 Å². The highest BCUT2D eigenvalue weighted by molar-refractivity contribution is 6.31. The molecule has 1 aliphatic rings. The van der Waals surface area contributed by atoms with Gasteiger partial charge in [0.15, 0.2) is 0 Å². The molecule has 3 nitrogen and oxygen atoms in total. The summed E-state index contributed by atoms with van der Waals surface area (Å²) < 4.78 is 5.24. The molecular weight excluding hydrogens is 283 g/mol. The SMILES string of the molecule is COc1ccc(Cl)c(CN2CCC(N)C(C)C2)c1.Cl. The molecule has 1 aromatic rings. The van der Waals surface area contributed by atoms with E-state index < -0.39 is 0 Å². The van der Waals surface area contributed by atoms with Crippen molar-refractivity contribution < 1.29 is 4.74 Å². The van der Waals surface area contributed by atoms with Crippen molar-refractivity contribution in [3.05, 3.63) is 28.8 Å². The Morgan fingerprint density at radius 3 is 2.84 bits per heavy atom. The molecule has 0 amide bonds. The Labute approximate surface area is 126 Å². The van der Waals surface area contributed by atoms with E-state index in [4.69, 9.17) is 22.1 Å². The summed E-state index contributed by atoms with van der Waals surface area (Å²) in [6, 6.07) is 6.14. The zero-order chi connectivity index (χ0) is 13.1. The van der Waals surface area contributed by atoms with Crippen LogP contribution >= 0.6 is 24.0 Å². The molecule has 0 aromatic heterocycles. The zero-order valence-corrected chi connectivity index (χ0v) is 13.0. The van der Waals surface area contributed by atoms with Crippen molar-refractivity contribution in [3.63, 3.8) is 0 Å². The van der Waals surface area contributed by atoms with Crippen LogP contribution < -0.4 is 10.5 Å². The Bertz CT molecular complexity index is 414. The van der Waals surface area contributed by atoms with Crippen LogP contribution in [0.5, 0.6) is 5.75 Å². The number of likely N-dealkylation sites (tertiary alicyclic amines) is 1. The summed E-state index contributed by atoms with van der Waals surface area (Å²) in [5.74, 6) is 1.40. The van der Waals surface area contributed by atoms with E-state index in [0.717, 1.165) is 42.4 Å². The number of nitrogens with zero attached hydrogens (tertiary/aromatic N) is 1. The monoisotopic (exact) mass is 304 g/mol. The van der Waals surface area contributed by atoms with Crippen LogP contribution in [0.15, 0.2) is 18.2 Å². The number of hydrogen-bond acceptors (Lipinski definition) is 3. The average Bonchev–Trinajstić information content (AvgIpc) is 2.36. The van der Waals surface area contributed by atoms with E-state index in [9.17, 15) is 0 Å². The fourth-order valence-electron chi connectivity index (χ4n) is 2.43. The topological polar surface area (TPSA) is 38.5 Å². The highest BCUT2D eigenvalue weighted by atomic mass is 35.5. The molecule has 19 heavy (non-hydrogen) atoms. The maximum absolute atomic E-state index is 6.23. The summed E-state index contributed by atoms with van der Waals surface area (Å²) >= 11 is 6.23. The van der Waals surface area contributed by atoms with E-state index in [1.807, 2.05) is 18.2 Å². The predicted octanol–water partition coefficient (Wildman–Crippen LogP) is 2.94. The molecule has 2 atom stereocenters. The average molecular weight is 305 g/mol. The Balaban J connectivity index is 0.00000180. The van der Waals surface area contributed by atoms with Crippen LogP contribution in [0, 0.1) is 5.92 Å². The van der Waals surface area contributed by atoms with Gasteiger partial charge < -0.3 is 10.5 Å². The van der Waals surface area contributed by atoms with E-state index in [1.165, 1.54) is 0 Å². The molecule has 1 heterocycles. The van der Waals surface area contributed by atoms with E-state index in [1.54, 1.807) is 7.11 Å². The number of nitrogens with two attached hydrogens (primary N) is 1. The maximum atomic E-state index is 6.23. The summed E-state index contributed by atoms with van der Waals surface area (Å²) in [6.07, 6.45) is 1.06. The third-order valence-electron chi connectivity index (χ3n) is 3.70. The Hall–Kier alpha value is -0.480. The molecule has 0 aliphatic carbocycles. The van der Waals surface area contributed by atoms with E-state index in [0.29, 0.717) is 12.0 Å². The fraction of sp³-hybridized carbons (Fsp3) is 0.571. The molecule has 0 saturated carbocycles. The van der Waals surface area contributed by atoms with Gasteiger partial charge in [-0.2, -0.15) is 0 Å². The van der Waals surface area contributed by atoms with Gasteiger partial charge in [0, 0.05) is 24.2 Å². The van der Waals surface area contributed by atoms with Gasteiger partial charge in [-0.3, -0.25) is 4.90 Å². The second kappa shape index (κ2) is 7.34. The third-order valence-corrected chi connectivity index (χ3v) is 4.07. The summed E-state index contributed by atoms with van der Waals surface area (Å²) in [4.78, 5) is 2.41. The van der Waals surface area contributed by atoms with Crippen LogP contribution in [-0.4, -0.2) is 31.1 Å². The minimum absolute atomic E-state index is 0. The minimum atomic E-state index is 0. The van der Waals surface area contributed by atoms with Gasteiger partial charge in [-0.25, -0.2) is 0 Å². The predicted molar refractivity (Wildman–Crippen MR) is 82.3 cm³/mol. The van der Waals surface area contributed by atoms with Crippen molar-refractivity contribution in [3.8, 4) is 5.75 Å². The first-order valence-corrected chi connectivity index (χ1v) is 6.78. The second-order valence-corrected chi connectivity index (χ2v) is 5.53. The number of benzene rings is 1. The molecule has 0 radical (unpaired) electrons. The van der Waals surface area contributed by atoms with Crippen LogP contribution in [0.4, 0.5) is 0 Å². The van der Waals surface area contributed by atoms with Crippen LogP contribution in [-0.2, 0) is 6.54 Å². The van der Waals surface area contributed by atoms with Gasteiger partial charge in [-0.05, 0) is 42.6 Å². The van der Waals surface area contributed by atoms with Crippen LogP contribution in [0.3, 0.4) is 0 Å². The molecule has 2 unspecified atom stereocenters. The lowest BCUT2D eigenvalue weighted by molar-refractivity contribution is 0.157. The number of ether oxygens (including phenoxy) is 1. The number of methoxy groups -OCH3 is 1. The molecule has 2 rings (SSSR count). The van der Waals surface area contributed by atoms with Gasteiger partial charge in [-0.15, -0.1) is 12.4 Å². The molecule has 2 N–H and O–H groups in total. The summed E-state index contributed by atoms with van der Waals surface area (Å²) in [7, 11) is 1.68. The van der Waals surface area contributed by atoms with Crippen LogP contribution in [0.2, 0.25) is 5.02 Å². The molecule has 0 spiro atoms. The first-order valence-electron chi connectivity index (χ1n) is 6.40. The first-order chi connectivity index (χ1) is 8.60. The minimum Gasteiger partial charge on any atom is -0.497 e. The molecule has 108 valence electrons. The Morgan fingerprint density at radius 2 is 2.21 bits per heavy atom. The highest BCUT2D eigenvalue weighted by Crippen LogP contribution is 2.25. The van der Waals surface area contributed by atoms with Gasteiger partial charge in [0.25, 0.3) is 0 Å². The summed E-state index contributed by atoms with van der Waals surface area (Å²) in [5.41, 5.74) is 7.16. The van der Waals surface area contributed by atoms with Gasteiger partial charge in [0.1, 0.15) is 5.75 Å². The molecule has 1 saturated heterocycles. The Kier molecular flexibility index (Phi) is 6.40. The standard InChI is InChI=1S/C14H21ClN2O.ClH/c1-10-8-17(6-5-14(10)16)9-11-7-12(18-2)3-4-13(11)15;/h3-4,7,10,14H,5-6,8-9,16H2,1-2H3;1H. The first kappa shape index (κ1) is 16.6. The summed E-state index contributed by atoms with van der Waals surface area (Å²) in [5, 5.41) is 0.804. The molecule has 0 bridgehead atoms. The normalized spacial score (nSPS) is 23.8. The van der Waals surface area contributed by atoms with Crippen molar-refractivity contribution in [2.75, 3.05) is 20.2 Å². The molecule has 1 aromatic carbocycles. The van der Waals surface area contributed by atoms with Crippen molar-refractivity contribution in [2.45, 2.75) is 25.9 Å². The largest absolute Gasteiger partial charge is 0.497 e. The van der Waals surface area contributed by atoms with Crippen LogP contribution in [0.1, 0.15) is 18.9 Å². The van der Waals surface area contributed by atoms with Crippen LogP contribution in [0.25, 0.3) is 0 Å². The third kappa shape index (κ3) is 4.25. The van der Waals surface area contributed by atoms with Gasteiger partial charge >= 0.3 is 0 Å². The van der Waals surface area contributed by atoms with Gasteiger partial charge in [-0.1, -0.05) is 18.5 Å². The lowest BCUT2D eigenvalue weighted by Crippen LogP contribution is -2.45. The second-order valence-electron chi connectivity index (χ2n) is 5.12. The van der Waals surface area contributed by atoms with Crippen molar-refractivity contribution >= 4 is 24.0 Å². The lowest BCUT2D eigenvalue weighted by atomic mass is 9.94. The number of hydrogen-bond donors (Lipinski definition) is 1. The smallest absolute Gasteiger partial charge is 0.119 e. The summed E-state index contributed by atoms with van der Waals surface area (Å²) in [6.45, 7) is 5.16. The lowest BCUT2D eigenvalue weighted by Gasteiger charge is -2.35. The number of piperidine rings is 1. The van der Waals surface area contributed by atoms with Gasteiger partial charge in [0.2, 0.25) is 0 Å². The number of rotatable bonds is 3.